The molecule has 2 aromatic rings. The van der Waals surface area contributed by atoms with Crippen LogP contribution in [0.3, 0.4) is 0 Å². The summed E-state index contributed by atoms with van der Waals surface area (Å²) in [6.45, 7) is 6.20. The molecule has 2 amide bonds. The number of fused-ring (bicyclic) bond motifs is 1. The molecular formula is C24H32N4O3. The number of carbonyl (C=O) groups excluding carboxylic acids is 1. The molecule has 0 atom stereocenters. The van der Waals surface area contributed by atoms with Gasteiger partial charge in [0.2, 0.25) is 0 Å². The summed E-state index contributed by atoms with van der Waals surface area (Å²) < 4.78 is 1.70. The van der Waals surface area contributed by atoms with Gasteiger partial charge in [-0.2, -0.15) is 0 Å². The number of hydrogen-bond donors (Lipinski definition) is 2. The fourth-order valence-electron chi connectivity index (χ4n) is 6.88. The molecule has 0 unspecified atom stereocenters. The molecule has 4 aliphatic rings. The minimum Gasteiger partial charge on any atom is -0.465 e. The van der Waals surface area contributed by atoms with Crippen LogP contribution >= 0.6 is 0 Å². The van der Waals surface area contributed by atoms with Gasteiger partial charge in [0.25, 0.3) is 5.91 Å². The van der Waals surface area contributed by atoms with E-state index < -0.39 is 11.6 Å². The van der Waals surface area contributed by atoms with Crippen LogP contribution in [0.15, 0.2) is 24.4 Å². The van der Waals surface area contributed by atoms with E-state index in [0.717, 1.165) is 24.3 Å². The number of pyridine rings is 1. The Bertz CT molecular complexity index is 1000. The van der Waals surface area contributed by atoms with E-state index in [1.54, 1.807) is 28.8 Å². The quantitative estimate of drug-likeness (QED) is 0.753. The fraction of sp³-hybridized carbons (Fsp3) is 0.625. The summed E-state index contributed by atoms with van der Waals surface area (Å²) in [5, 5.41) is 12.9. The monoisotopic (exact) mass is 424 g/mol. The Hall–Kier alpha value is -2.57. The summed E-state index contributed by atoms with van der Waals surface area (Å²) in [4.78, 5) is 30.7. The maximum atomic E-state index is 13.2. The van der Waals surface area contributed by atoms with Crippen LogP contribution in [0.25, 0.3) is 5.65 Å². The lowest BCUT2D eigenvalue weighted by atomic mass is 9.49. The van der Waals surface area contributed by atoms with Gasteiger partial charge in [-0.15, -0.1) is 0 Å². The Morgan fingerprint density at radius 2 is 1.77 bits per heavy atom. The Morgan fingerprint density at radius 3 is 2.32 bits per heavy atom. The number of amides is 2. The van der Waals surface area contributed by atoms with Crippen molar-refractivity contribution in [2.45, 2.75) is 64.8 Å². The molecule has 7 heteroatoms. The maximum absolute atomic E-state index is 13.2. The third-order valence-electron chi connectivity index (χ3n) is 7.59. The van der Waals surface area contributed by atoms with E-state index >= 15 is 0 Å². The van der Waals surface area contributed by atoms with E-state index in [1.807, 2.05) is 20.8 Å². The van der Waals surface area contributed by atoms with Crippen molar-refractivity contribution in [2.24, 2.45) is 23.2 Å². The lowest BCUT2D eigenvalue weighted by Gasteiger charge is -2.56. The second-order valence-corrected chi connectivity index (χ2v) is 11.1. The van der Waals surface area contributed by atoms with E-state index in [1.165, 1.54) is 43.4 Å². The molecular weight excluding hydrogens is 392 g/mol. The van der Waals surface area contributed by atoms with Gasteiger partial charge in [-0.3, -0.25) is 14.1 Å². The van der Waals surface area contributed by atoms with Crippen molar-refractivity contribution in [3.05, 3.63) is 30.1 Å². The largest absolute Gasteiger partial charge is 0.465 e. The van der Waals surface area contributed by atoms with Crippen LogP contribution < -0.4 is 10.2 Å². The van der Waals surface area contributed by atoms with E-state index in [0.29, 0.717) is 17.2 Å². The maximum Gasteiger partial charge on any atom is 0.413 e. The predicted molar refractivity (Wildman–Crippen MR) is 118 cm³/mol. The molecule has 2 N–H and O–H groups in total. The fourth-order valence-corrected chi connectivity index (χ4v) is 6.88. The highest BCUT2D eigenvalue weighted by Gasteiger charge is 2.50. The number of anilines is 1. The van der Waals surface area contributed by atoms with E-state index in [-0.39, 0.29) is 11.3 Å². The van der Waals surface area contributed by atoms with Gasteiger partial charge in [-0.25, -0.2) is 9.78 Å². The summed E-state index contributed by atoms with van der Waals surface area (Å²) in [7, 11) is 0. The third kappa shape index (κ3) is 3.58. The molecule has 0 saturated heterocycles. The average Bonchev–Trinajstić information content (AvgIpc) is 3.06. The van der Waals surface area contributed by atoms with E-state index in [9.17, 15) is 14.7 Å². The van der Waals surface area contributed by atoms with Crippen LogP contribution in [0.5, 0.6) is 0 Å². The summed E-state index contributed by atoms with van der Waals surface area (Å²) in [5.41, 5.74) is 0.670. The highest BCUT2D eigenvalue weighted by molar-refractivity contribution is 5.94. The number of hydrogen-bond acceptors (Lipinski definition) is 3. The molecule has 0 aromatic carbocycles. The topological polar surface area (TPSA) is 86.9 Å². The first kappa shape index (κ1) is 20.3. The molecule has 4 aliphatic carbocycles. The van der Waals surface area contributed by atoms with E-state index in [2.05, 4.69) is 10.3 Å². The number of carboxylic acid groups (broad SMARTS) is 1. The Balaban J connectivity index is 1.38. The van der Waals surface area contributed by atoms with Gasteiger partial charge in [0.1, 0.15) is 11.3 Å². The van der Waals surface area contributed by atoms with Gasteiger partial charge < -0.3 is 10.4 Å². The number of rotatable bonds is 4. The van der Waals surface area contributed by atoms with Crippen LogP contribution in [0.1, 0.15) is 69.8 Å². The SMILES string of the molecule is CC(C)(C)N(C(=O)O)c1cn2c(C(=O)NCC34CC5CC(CC(C5)C3)C4)cccc2n1. The number of imidazole rings is 1. The molecule has 4 fully saturated rings. The zero-order valence-corrected chi connectivity index (χ0v) is 18.6. The predicted octanol–water partition coefficient (Wildman–Crippen LogP) is 4.56. The lowest BCUT2D eigenvalue weighted by molar-refractivity contribution is -0.0503. The highest BCUT2D eigenvalue weighted by atomic mass is 16.4. The second-order valence-electron chi connectivity index (χ2n) is 11.1. The van der Waals surface area contributed by atoms with Gasteiger partial charge >= 0.3 is 6.09 Å². The number of aromatic nitrogens is 2. The number of carbonyl (C=O) groups is 2. The Kier molecular flexibility index (Phi) is 4.57. The first-order chi connectivity index (χ1) is 14.6. The average molecular weight is 425 g/mol. The van der Waals surface area contributed by atoms with Crippen molar-refractivity contribution < 1.29 is 14.7 Å². The first-order valence-corrected chi connectivity index (χ1v) is 11.4. The normalized spacial score (nSPS) is 29.3. The van der Waals surface area contributed by atoms with Crippen molar-refractivity contribution in [1.29, 1.82) is 0 Å². The molecule has 0 aliphatic heterocycles. The molecule has 166 valence electrons. The van der Waals surface area contributed by atoms with Gasteiger partial charge in [0.15, 0.2) is 5.82 Å². The van der Waals surface area contributed by atoms with Gasteiger partial charge in [0, 0.05) is 12.1 Å². The molecule has 0 radical (unpaired) electrons. The third-order valence-corrected chi connectivity index (χ3v) is 7.59. The van der Waals surface area contributed by atoms with Gasteiger partial charge in [-0.05, 0) is 94.6 Å². The van der Waals surface area contributed by atoms with Crippen LogP contribution in [0.4, 0.5) is 10.6 Å². The zero-order valence-electron chi connectivity index (χ0n) is 18.6. The molecule has 0 spiro atoms. The minimum atomic E-state index is -1.07. The van der Waals surface area contributed by atoms with Gasteiger partial charge in [-0.1, -0.05) is 6.07 Å². The summed E-state index contributed by atoms with van der Waals surface area (Å²) >= 11 is 0. The standard InChI is InChI=1S/C24H32N4O3/c1-23(2,3)28(22(30)31)20-13-27-18(5-4-6-19(27)26-20)21(29)25-14-24-10-15-7-16(11-24)9-17(8-15)12-24/h4-6,13,15-17H,7-12,14H2,1-3H3,(H,25,29)(H,30,31). The van der Waals surface area contributed by atoms with Crippen LogP contribution in [-0.2, 0) is 0 Å². The van der Waals surface area contributed by atoms with Crippen molar-refractivity contribution in [3.63, 3.8) is 0 Å². The van der Waals surface area contributed by atoms with Crippen molar-refractivity contribution >= 4 is 23.5 Å². The minimum absolute atomic E-state index is 0.122. The molecule has 2 heterocycles. The Morgan fingerprint density at radius 1 is 1.16 bits per heavy atom. The second kappa shape index (κ2) is 6.97. The highest BCUT2D eigenvalue weighted by Crippen LogP contribution is 2.59. The van der Waals surface area contributed by atoms with Crippen LogP contribution in [-0.4, -0.2) is 38.6 Å². The zero-order chi connectivity index (χ0) is 22.0. The van der Waals surface area contributed by atoms with Crippen LogP contribution in [0, 0.1) is 23.2 Å². The van der Waals surface area contributed by atoms with Crippen molar-refractivity contribution in [2.75, 3.05) is 11.4 Å². The summed E-state index contributed by atoms with van der Waals surface area (Å²) in [5.74, 6) is 2.75. The first-order valence-electron chi connectivity index (χ1n) is 11.4. The molecule has 31 heavy (non-hydrogen) atoms. The Labute approximate surface area is 182 Å². The smallest absolute Gasteiger partial charge is 0.413 e. The molecule has 4 bridgehead atoms. The number of nitrogens with one attached hydrogen (secondary N) is 1. The molecule has 7 nitrogen and oxygen atoms in total. The summed E-state index contributed by atoms with van der Waals surface area (Å²) in [6, 6.07) is 5.37. The lowest BCUT2D eigenvalue weighted by Crippen LogP contribution is -2.51. The summed E-state index contributed by atoms with van der Waals surface area (Å²) in [6.07, 6.45) is 8.49. The number of nitrogens with zero attached hydrogens (tertiary/aromatic N) is 3. The molecule has 2 aromatic heterocycles. The van der Waals surface area contributed by atoms with E-state index in [4.69, 9.17) is 0 Å². The molecule has 4 saturated carbocycles. The van der Waals surface area contributed by atoms with Gasteiger partial charge in [0.05, 0.1) is 6.20 Å². The van der Waals surface area contributed by atoms with Crippen molar-refractivity contribution in [3.8, 4) is 0 Å². The molecule has 6 rings (SSSR count). The van der Waals surface area contributed by atoms with Crippen LogP contribution in [0.2, 0.25) is 0 Å². The van der Waals surface area contributed by atoms with Crippen molar-refractivity contribution in [1.82, 2.24) is 14.7 Å².